The topological polar surface area (TPSA) is 103 Å². The molecule has 0 spiro atoms. The van der Waals surface area contributed by atoms with Crippen LogP contribution in [0.2, 0.25) is 0 Å². The third-order valence-electron chi connectivity index (χ3n) is 2.05. The van der Waals surface area contributed by atoms with Gasteiger partial charge in [0.05, 0.1) is 0 Å². The fourth-order valence-corrected chi connectivity index (χ4v) is 1.17. The van der Waals surface area contributed by atoms with Gasteiger partial charge in [0.15, 0.2) is 11.6 Å². The van der Waals surface area contributed by atoms with Crippen molar-refractivity contribution in [3.05, 3.63) is 29.8 Å². The maximum Gasteiger partial charge on any atom is 0.249 e. The van der Waals surface area contributed by atoms with E-state index in [0.29, 0.717) is 5.95 Å². The number of aryl methyl sites for hydroxylation is 1. The average Bonchev–Trinajstić information content (AvgIpc) is 2.27. The van der Waals surface area contributed by atoms with E-state index in [9.17, 15) is 0 Å². The summed E-state index contributed by atoms with van der Waals surface area (Å²) in [6.07, 6.45) is 0. The number of aromatic nitrogens is 3. The van der Waals surface area contributed by atoms with Gasteiger partial charge >= 0.3 is 0 Å². The monoisotopic (exact) mass is 216 g/mol. The lowest BCUT2D eigenvalue weighted by atomic mass is 10.2. The molecule has 5 N–H and O–H groups in total. The Morgan fingerprint density at radius 3 is 2.31 bits per heavy atom. The lowest BCUT2D eigenvalue weighted by molar-refractivity contribution is 0.996. The summed E-state index contributed by atoms with van der Waals surface area (Å²) in [6, 6.07) is 7.81. The number of benzene rings is 1. The molecule has 0 saturated heterocycles. The minimum atomic E-state index is 0.134. The maximum absolute atomic E-state index is 5.52. The van der Waals surface area contributed by atoms with Gasteiger partial charge in [0.25, 0.3) is 0 Å². The van der Waals surface area contributed by atoms with E-state index < -0.39 is 0 Å². The van der Waals surface area contributed by atoms with Gasteiger partial charge in [-0.25, -0.2) is 0 Å². The molecule has 1 heterocycles. The number of nitrogens with zero attached hydrogens (tertiary/aromatic N) is 3. The smallest absolute Gasteiger partial charge is 0.249 e. The molecule has 1 aromatic heterocycles. The van der Waals surface area contributed by atoms with E-state index in [-0.39, 0.29) is 11.6 Å². The fourth-order valence-electron chi connectivity index (χ4n) is 1.17. The minimum Gasteiger partial charge on any atom is -0.380 e. The van der Waals surface area contributed by atoms with Gasteiger partial charge in [-0.1, -0.05) is 17.7 Å². The van der Waals surface area contributed by atoms with E-state index in [1.54, 1.807) is 0 Å². The highest BCUT2D eigenvalue weighted by Crippen LogP contribution is 2.15. The molecule has 0 fully saturated rings. The summed E-state index contributed by atoms with van der Waals surface area (Å²) < 4.78 is 0. The standard InChI is InChI=1S/C10H12N6/c1-6-2-4-7(5-3-6)13-10-14-8(11)9(12)15-16-10/h2-5H,1H3,(H2,12,15)(H3,11,13,14,16). The summed E-state index contributed by atoms with van der Waals surface area (Å²) in [5, 5.41) is 10.4. The molecule has 6 heteroatoms. The van der Waals surface area contributed by atoms with Gasteiger partial charge in [0.2, 0.25) is 5.95 Å². The second-order valence-corrected chi connectivity index (χ2v) is 3.40. The molecule has 0 amide bonds. The number of rotatable bonds is 2. The molecule has 0 atom stereocenters. The highest BCUT2D eigenvalue weighted by molar-refractivity contribution is 5.58. The van der Waals surface area contributed by atoms with Gasteiger partial charge < -0.3 is 16.8 Å². The first kappa shape index (κ1) is 10.2. The second kappa shape index (κ2) is 4.01. The van der Waals surface area contributed by atoms with Crippen LogP contribution in [0.15, 0.2) is 24.3 Å². The van der Waals surface area contributed by atoms with Crippen LogP contribution in [0, 0.1) is 6.92 Å². The summed E-state index contributed by atoms with van der Waals surface area (Å²) in [4.78, 5) is 3.96. The Morgan fingerprint density at radius 1 is 1.00 bits per heavy atom. The molecule has 0 bridgehead atoms. The summed E-state index contributed by atoms with van der Waals surface area (Å²) in [6.45, 7) is 2.02. The van der Waals surface area contributed by atoms with Crippen molar-refractivity contribution < 1.29 is 0 Å². The summed E-state index contributed by atoms with van der Waals surface area (Å²) in [5.41, 5.74) is 13.0. The lowest BCUT2D eigenvalue weighted by Crippen LogP contribution is -2.06. The Kier molecular flexibility index (Phi) is 2.55. The lowest BCUT2D eigenvalue weighted by Gasteiger charge is -2.05. The zero-order valence-electron chi connectivity index (χ0n) is 8.81. The van der Waals surface area contributed by atoms with Crippen LogP contribution >= 0.6 is 0 Å². The molecule has 0 aliphatic heterocycles. The second-order valence-electron chi connectivity index (χ2n) is 3.40. The molecule has 0 radical (unpaired) electrons. The number of hydrogen-bond donors (Lipinski definition) is 3. The van der Waals surface area contributed by atoms with Gasteiger partial charge in [-0.2, -0.15) is 4.98 Å². The molecule has 0 aliphatic carbocycles. The SMILES string of the molecule is Cc1ccc(Nc2nnc(N)c(N)n2)cc1. The van der Waals surface area contributed by atoms with Crippen LogP contribution in [0.5, 0.6) is 0 Å². The van der Waals surface area contributed by atoms with Crippen LogP contribution in [0.4, 0.5) is 23.3 Å². The molecule has 6 nitrogen and oxygen atoms in total. The van der Waals surface area contributed by atoms with Crippen molar-refractivity contribution in [2.45, 2.75) is 6.92 Å². The maximum atomic E-state index is 5.52. The van der Waals surface area contributed by atoms with Crippen molar-refractivity contribution in [3.63, 3.8) is 0 Å². The van der Waals surface area contributed by atoms with E-state index >= 15 is 0 Å². The average molecular weight is 216 g/mol. The van der Waals surface area contributed by atoms with Crippen molar-refractivity contribution in [2.75, 3.05) is 16.8 Å². The Balaban J connectivity index is 2.20. The minimum absolute atomic E-state index is 0.134. The molecule has 0 saturated carbocycles. The zero-order chi connectivity index (χ0) is 11.5. The molecule has 0 unspecified atom stereocenters. The quantitative estimate of drug-likeness (QED) is 0.694. The molecule has 82 valence electrons. The predicted molar refractivity (Wildman–Crippen MR) is 63.1 cm³/mol. The Labute approximate surface area is 92.7 Å². The van der Waals surface area contributed by atoms with Crippen molar-refractivity contribution in [1.82, 2.24) is 15.2 Å². The van der Waals surface area contributed by atoms with E-state index in [4.69, 9.17) is 11.5 Å². The fraction of sp³-hybridized carbons (Fsp3) is 0.100. The first-order valence-electron chi connectivity index (χ1n) is 4.74. The normalized spacial score (nSPS) is 10.1. The largest absolute Gasteiger partial charge is 0.380 e. The molecule has 0 aliphatic rings. The number of hydrogen-bond acceptors (Lipinski definition) is 6. The van der Waals surface area contributed by atoms with Crippen molar-refractivity contribution in [1.29, 1.82) is 0 Å². The molecule has 2 aromatic rings. The Hall–Kier alpha value is -2.37. The van der Waals surface area contributed by atoms with Crippen molar-refractivity contribution in [3.8, 4) is 0 Å². The van der Waals surface area contributed by atoms with Crippen LogP contribution in [0.25, 0.3) is 0 Å². The zero-order valence-corrected chi connectivity index (χ0v) is 8.81. The molecule has 16 heavy (non-hydrogen) atoms. The van der Waals surface area contributed by atoms with Crippen molar-refractivity contribution in [2.24, 2.45) is 0 Å². The van der Waals surface area contributed by atoms with E-state index in [1.807, 2.05) is 31.2 Å². The van der Waals surface area contributed by atoms with Crippen LogP contribution in [0.3, 0.4) is 0 Å². The van der Waals surface area contributed by atoms with Crippen LogP contribution in [-0.2, 0) is 0 Å². The Bertz CT molecular complexity index is 493. The number of nitrogen functional groups attached to an aromatic ring is 2. The molecular formula is C10H12N6. The van der Waals surface area contributed by atoms with Gasteiger partial charge in [-0.3, -0.25) is 0 Å². The Morgan fingerprint density at radius 2 is 1.69 bits per heavy atom. The van der Waals surface area contributed by atoms with Crippen LogP contribution in [0.1, 0.15) is 5.56 Å². The van der Waals surface area contributed by atoms with Gasteiger partial charge in [0, 0.05) is 5.69 Å². The van der Waals surface area contributed by atoms with Gasteiger partial charge in [0.1, 0.15) is 0 Å². The highest BCUT2D eigenvalue weighted by atomic mass is 15.3. The third kappa shape index (κ3) is 2.17. The first-order chi connectivity index (χ1) is 7.65. The van der Waals surface area contributed by atoms with Crippen molar-refractivity contribution >= 4 is 23.3 Å². The molecular weight excluding hydrogens is 204 g/mol. The third-order valence-corrected chi connectivity index (χ3v) is 2.05. The highest BCUT2D eigenvalue weighted by Gasteiger charge is 2.02. The van der Waals surface area contributed by atoms with Gasteiger partial charge in [-0.15, -0.1) is 10.2 Å². The van der Waals surface area contributed by atoms with Crippen LogP contribution < -0.4 is 16.8 Å². The summed E-state index contributed by atoms with van der Waals surface area (Å²) in [5.74, 6) is 0.634. The number of anilines is 4. The molecule has 1 aromatic carbocycles. The van der Waals surface area contributed by atoms with E-state index in [1.165, 1.54) is 5.56 Å². The van der Waals surface area contributed by atoms with Gasteiger partial charge in [-0.05, 0) is 19.1 Å². The number of nitrogens with two attached hydrogens (primary N) is 2. The summed E-state index contributed by atoms with van der Waals surface area (Å²) >= 11 is 0. The van der Waals surface area contributed by atoms with Crippen LogP contribution in [-0.4, -0.2) is 15.2 Å². The molecule has 2 rings (SSSR count). The predicted octanol–water partition coefficient (Wildman–Crippen LogP) is 1.09. The van der Waals surface area contributed by atoms with E-state index in [2.05, 4.69) is 20.5 Å². The summed E-state index contributed by atoms with van der Waals surface area (Å²) in [7, 11) is 0. The number of nitrogens with one attached hydrogen (secondary N) is 1. The first-order valence-corrected chi connectivity index (χ1v) is 4.74. The van der Waals surface area contributed by atoms with E-state index in [0.717, 1.165) is 5.69 Å².